The molecule has 0 atom stereocenters. The molecule has 0 bridgehead atoms. The summed E-state index contributed by atoms with van der Waals surface area (Å²) in [5.41, 5.74) is -0.0224. The molecule has 0 fully saturated rings. The molecule has 0 aromatic heterocycles. The first-order valence-electron chi connectivity index (χ1n) is 9.29. The quantitative estimate of drug-likeness (QED) is 0.180. The zero-order chi connectivity index (χ0) is 19.3. The molecular formula is C18H38Br2N2OS2. The third-order valence-corrected chi connectivity index (χ3v) is 7.29. The van der Waals surface area contributed by atoms with Gasteiger partial charge in [0.25, 0.3) is 0 Å². The molecule has 25 heavy (non-hydrogen) atoms. The molecule has 0 saturated carbocycles. The monoisotopic (exact) mass is 520 g/mol. The third kappa shape index (κ3) is 16.2. The highest BCUT2D eigenvalue weighted by atomic mass is 79.9. The Morgan fingerprint density at radius 2 is 1.52 bits per heavy atom. The molecule has 7 heteroatoms. The highest BCUT2D eigenvalue weighted by Crippen LogP contribution is 2.29. The van der Waals surface area contributed by atoms with E-state index >= 15 is 0 Å². The minimum atomic E-state index is -0.0224. The van der Waals surface area contributed by atoms with Crippen LogP contribution in [0.25, 0.3) is 0 Å². The van der Waals surface area contributed by atoms with Crippen LogP contribution in [0.15, 0.2) is 0 Å². The van der Waals surface area contributed by atoms with E-state index in [4.69, 9.17) is 4.74 Å². The predicted molar refractivity (Wildman–Crippen MR) is 125 cm³/mol. The molecule has 0 saturated heterocycles. The van der Waals surface area contributed by atoms with E-state index in [1.165, 1.54) is 18.1 Å². The molecular weight excluding hydrogens is 484 g/mol. The summed E-state index contributed by atoms with van der Waals surface area (Å²) >= 11 is 10.8. The lowest BCUT2D eigenvalue weighted by Crippen LogP contribution is -2.29. The van der Waals surface area contributed by atoms with Crippen molar-refractivity contribution in [2.45, 2.75) is 64.7 Å². The lowest BCUT2D eigenvalue weighted by atomic mass is 10.1. The summed E-state index contributed by atoms with van der Waals surface area (Å²) in [6, 6.07) is 0. The van der Waals surface area contributed by atoms with Crippen molar-refractivity contribution in [2.75, 3.05) is 50.0 Å². The lowest BCUT2D eigenvalue weighted by Gasteiger charge is -2.29. The van der Waals surface area contributed by atoms with E-state index < -0.39 is 0 Å². The Kier molecular flexibility index (Phi) is 15.4. The Balaban J connectivity index is 3.84. The maximum Gasteiger partial charge on any atom is 0.0634 e. The molecule has 0 aliphatic heterocycles. The van der Waals surface area contributed by atoms with Crippen LogP contribution in [-0.2, 0) is 4.74 Å². The molecule has 0 aromatic carbocycles. The van der Waals surface area contributed by atoms with E-state index in [-0.39, 0.29) is 10.3 Å². The first kappa shape index (κ1) is 26.5. The second-order valence-corrected chi connectivity index (χ2v) is 13.1. The number of halogens is 2. The van der Waals surface area contributed by atoms with Crippen molar-refractivity contribution >= 4 is 55.8 Å². The molecule has 152 valence electrons. The van der Waals surface area contributed by atoms with Gasteiger partial charge in [0.05, 0.1) is 5.60 Å². The molecule has 0 radical (unpaired) electrons. The molecule has 0 amide bonds. The van der Waals surface area contributed by atoms with Crippen molar-refractivity contribution in [3.8, 4) is 0 Å². The second-order valence-electron chi connectivity index (χ2n) is 7.38. The minimum Gasteiger partial charge on any atom is -0.375 e. The van der Waals surface area contributed by atoms with E-state index in [0.717, 1.165) is 44.8 Å². The molecule has 0 aliphatic carbocycles. The number of thioether (sulfide) groups is 2. The second kappa shape index (κ2) is 14.5. The largest absolute Gasteiger partial charge is 0.375 e. The molecule has 3 nitrogen and oxygen atoms in total. The normalized spacial score (nSPS) is 13.2. The summed E-state index contributed by atoms with van der Waals surface area (Å²) in [6.07, 6.45) is 2.20. The zero-order valence-electron chi connectivity index (χ0n) is 16.9. The molecule has 0 heterocycles. The lowest BCUT2D eigenvalue weighted by molar-refractivity contribution is -0.0221. The van der Waals surface area contributed by atoms with Crippen LogP contribution in [-0.4, -0.2) is 68.2 Å². The molecule has 0 aliphatic rings. The van der Waals surface area contributed by atoms with E-state index in [1.807, 2.05) is 14.7 Å². The highest BCUT2D eigenvalue weighted by Gasteiger charge is 2.22. The number of nitrogens with zero attached hydrogens (tertiary/aromatic N) is 2. The van der Waals surface area contributed by atoms with Crippen LogP contribution in [0.1, 0.15) is 54.4 Å². The van der Waals surface area contributed by atoms with E-state index in [1.54, 1.807) is 0 Å². The van der Waals surface area contributed by atoms with Crippen LogP contribution >= 0.6 is 55.8 Å². The van der Waals surface area contributed by atoms with Crippen LogP contribution < -0.4 is 0 Å². The zero-order valence-corrected chi connectivity index (χ0v) is 21.8. The fourth-order valence-corrected chi connectivity index (χ4v) is 5.37. The average Bonchev–Trinajstić information content (AvgIpc) is 2.49. The number of hydrogen-bond donors (Lipinski definition) is 0. The van der Waals surface area contributed by atoms with Crippen LogP contribution in [0.3, 0.4) is 0 Å². The van der Waals surface area contributed by atoms with E-state index in [0.29, 0.717) is 0 Å². The van der Waals surface area contributed by atoms with Gasteiger partial charge in [0.15, 0.2) is 0 Å². The van der Waals surface area contributed by atoms with E-state index in [9.17, 15) is 0 Å². The van der Waals surface area contributed by atoms with Crippen molar-refractivity contribution in [1.29, 1.82) is 0 Å². The van der Waals surface area contributed by atoms with Crippen LogP contribution in [0.5, 0.6) is 0 Å². The van der Waals surface area contributed by atoms with Crippen LogP contribution in [0.2, 0.25) is 0 Å². The molecule has 0 unspecified atom stereocenters. The topological polar surface area (TPSA) is 15.7 Å². The fraction of sp³-hybridized carbons (Fsp3) is 1.00. The van der Waals surface area contributed by atoms with Gasteiger partial charge >= 0.3 is 0 Å². The summed E-state index contributed by atoms with van der Waals surface area (Å²) in [7, 11) is 0. The third-order valence-electron chi connectivity index (χ3n) is 4.24. The van der Waals surface area contributed by atoms with Crippen molar-refractivity contribution in [1.82, 2.24) is 7.85 Å². The number of hydrogen-bond acceptors (Lipinski definition) is 5. The maximum atomic E-state index is 6.20. The SMILES string of the molecule is CCN(CC)CCSCCC(C)(C)OCCC(C)(C)SCCN(Br)Br. The standard InChI is InChI=1S/C18H38Br2N2OS2/c1-7-21(8-2)11-15-24-14-10-17(3,4)23-13-9-18(5,6)25-16-12-22(19)20/h7-16H2,1-6H3. The van der Waals surface area contributed by atoms with Crippen molar-refractivity contribution in [3.05, 3.63) is 0 Å². The Morgan fingerprint density at radius 3 is 2.08 bits per heavy atom. The Labute approximate surface area is 182 Å². The summed E-state index contributed by atoms with van der Waals surface area (Å²) in [4.78, 5) is 2.48. The van der Waals surface area contributed by atoms with Gasteiger partial charge in [-0.1, -0.05) is 27.7 Å². The molecule has 0 spiro atoms. The Morgan fingerprint density at radius 1 is 0.880 bits per heavy atom. The predicted octanol–water partition coefficient (Wildman–Crippen LogP) is 6.07. The first-order chi connectivity index (χ1) is 11.6. The minimum absolute atomic E-state index is 0.0224. The van der Waals surface area contributed by atoms with Gasteiger partial charge in [-0.2, -0.15) is 26.5 Å². The number of ether oxygens (including phenoxy) is 1. The van der Waals surface area contributed by atoms with E-state index in [2.05, 4.69) is 90.5 Å². The van der Waals surface area contributed by atoms with Gasteiger partial charge in [-0.15, -0.1) is 0 Å². The molecule has 0 aromatic rings. The van der Waals surface area contributed by atoms with Crippen LogP contribution in [0, 0.1) is 0 Å². The van der Waals surface area contributed by atoms with Crippen molar-refractivity contribution < 1.29 is 4.74 Å². The van der Waals surface area contributed by atoms with Crippen molar-refractivity contribution in [3.63, 3.8) is 0 Å². The van der Waals surface area contributed by atoms with Gasteiger partial charge in [0, 0.05) is 68.2 Å². The van der Waals surface area contributed by atoms with Gasteiger partial charge in [0.1, 0.15) is 0 Å². The summed E-state index contributed by atoms with van der Waals surface area (Å²) in [6.45, 7) is 18.9. The maximum absolute atomic E-state index is 6.20. The Hall–Kier alpha value is 1.54. The average molecular weight is 522 g/mol. The van der Waals surface area contributed by atoms with Crippen molar-refractivity contribution in [2.24, 2.45) is 0 Å². The van der Waals surface area contributed by atoms with Gasteiger partial charge in [-0.25, -0.2) is 0 Å². The summed E-state index contributed by atoms with van der Waals surface area (Å²) in [5, 5.41) is 0. The summed E-state index contributed by atoms with van der Waals surface area (Å²) in [5.74, 6) is 3.49. The van der Waals surface area contributed by atoms with Gasteiger partial charge in [0.2, 0.25) is 0 Å². The van der Waals surface area contributed by atoms with Gasteiger partial charge in [-0.3, -0.25) is 0 Å². The number of rotatable bonds is 16. The first-order valence-corrected chi connectivity index (χ1v) is 12.8. The van der Waals surface area contributed by atoms with Crippen LogP contribution in [0.4, 0.5) is 0 Å². The fourth-order valence-electron chi connectivity index (χ4n) is 2.26. The highest BCUT2D eigenvalue weighted by molar-refractivity contribution is 9.21. The molecule has 0 N–H and O–H groups in total. The summed E-state index contributed by atoms with van der Waals surface area (Å²) < 4.78 is 8.33. The Bertz CT molecular complexity index is 328. The van der Waals surface area contributed by atoms with Gasteiger partial charge in [-0.05, 0) is 45.5 Å². The van der Waals surface area contributed by atoms with Gasteiger partial charge < -0.3 is 9.64 Å². The smallest absolute Gasteiger partial charge is 0.0634 e. The molecule has 0 rings (SSSR count).